The monoisotopic (exact) mass is 548 g/mol. The van der Waals surface area contributed by atoms with Gasteiger partial charge in [0.15, 0.2) is 5.82 Å². The van der Waals surface area contributed by atoms with Gasteiger partial charge in [-0.3, -0.25) is 9.48 Å². The highest BCUT2D eigenvalue weighted by Gasteiger charge is 2.61. The molecule has 2 aromatic heterocycles. The lowest BCUT2D eigenvalue weighted by Crippen LogP contribution is -2.60. The molecule has 4 saturated carbocycles. The molecule has 172 valence electrons. The number of rotatable bonds is 5. The van der Waals surface area contributed by atoms with E-state index in [0.717, 1.165) is 37.7 Å². The Kier molecular flexibility index (Phi) is 5.12. The van der Waals surface area contributed by atoms with E-state index in [4.69, 9.17) is 23.2 Å². The van der Waals surface area contributed by atoms with Gasteiger partial charge in [0.2, 0.25) is 10.6 Å². The standard InChI is InChI=1S/C23H23BrCl2N6O/c24-21-27-13-32(30-21)23-9-14-6-15(10-23)8-22(7-14,12-23)20(33)28-19-4-5-31(29-19)11-16-17(25)2-1-3-18(16)26/h1-5,13-15H,6-12H2,(H,28,29,33). The fourth-order valence-corrected chi connectivity index (χ4v) is 7.61. The second kappa shape index (κ2) is 7.82. The molecular weight excluding hydrogens is 527 g/mol. The summed E-state index contributed by atoms with van der Waals surface area (Å²) in [6.07, 6.45) is 9.66. The molecule has 4 aliphatic carbocycles. The molecule has 7 rings (SSSR count). The molecule has 1 N–H and O–H groups in total. The largest absolute Gasteiger partial charge is 0.309 e. The summed E-state index contributed by atoms with van der Waals surface area (Å²) >= 11 is 16.0. The Morgan fingerprint density at radius 3 is 2.52 bits per heavy atom. The van der Waals surface area contributed by atoms with Crippen molar-refractivity contribution < 1.29 is 4.79 Å². The number of carbonyl (C=O) groups is 1. The Hall–Kier alpha value is -1.90. The number of nitrogens with one attached hydrogen (secondary N) is 1. The van der Waals surface area contributed by atoms with Crippen molar-refractivity contribution in [1.29, 1.82) is 0 Å². The second-order valence-corrected chi connectivity index (χ2v) is 11.5. The van der Waals surface area contributed by atoms with E-state index in [1.54, 1.807) is 4.68 Å². The minimum atomic E-state index is -0.391. The Balaban J connectivity index is 1.22. The smallest absolute Gasteiger partial charge is 0.231 e. The molecule has 0 aliphatic heterocycles. The topological polar surface area (TPSA) is 77.6 Å². The number of carbonyl (C=O) groups excluding carboxylic acids is 1. The fraction of sp³-hybridized carbons (Fsp3) is 0.478. The first-order chi connectivity index (χ1) is 15.8. The van der Waals surface area contributed by atoms with E-state index in [-0.39, 0.29) is 11.4 Å². The van der Waals surface area contributed by atoms with E-state index in [9.17, 15) is 4.79 Å². The van der Waals surface area contributed by atoms with Crippen LogP contribution >= 0.6 is 39.1 Å². The zero-order valence-corrected chi connectivity index (χ0v) is 20.9. The summed E-state index contributed by atoms with van der Waals surface area (Å²) in [5, 5.41) is 13.5. The number of amides is 1. The Morgan fingerprint density at radius 2 is 1.85 bits per heavy atom. The van der Waals surface area contributed by atoms with Gasteiger partial charge >= 0.3 is 0 Å². The summed E-state index contributed by atoms with van der Waals surface area (Å²) in [4.78, 5) is 18.0. The maximum atomic E-state index is 13.7. The first-order valence-electron chi connectivity index (χ1n) is 11.2. The summed E-state index contributed by atoms with van der Waals surface area (Å²) in [7, 11) is 0. The van der Waals surface area contributed by atoms with Crippen molar-refractivity contribution in [1.82, 2.24) is 24.5 Å². The highest BCUT2D eigenvalue weighted by atomic mass is 79.9. The molecule has 2 atom stereocenters. The van der Waals surface area contributed by atoms with Crippen molar-refractivity contribution in [2.24, 2.45) is 17.3 Å². The Morgan fingerprint density at radius 1 is 1.12 bits per heavy atom. The van der Waals surface area contributed by atoms with Crippen LogP contribution in [0.3, 0.4) is 0 Å². The van der Waals surface area contributed by atoms with Crippen molar-refractivity contribution in [3.63, 3.8) is 0 Å². The molecule has 0 saturated heterocycles. The van der Waals surface area contributed by atoms with Gasteiger partial charge < -0.3 is 5.32 Å². The maximum Gasteiger partial charge on any atom is 0.231 e. The Bertz CT molecular complexity index is 1210. The first-order valence-corrected chi connectivity index (χ1v) is 12.7. The molecule has 4 aliphatic rings. The van der Waals surface area contributed by atoms with Gasteiger partial charge in [-0.1, -0.05) is 29.3 Å². The van der Waals surface area contributed by atoms with Crippen LogP contribution in [0.25, 0.3) is 0 Å². The molecule has 2 heterocycles. The van der Waals surface area contributed by atoms with Crippen LogP contribution in [0.4, 0.5) is 5.82 Å². The molecule has 1 amide bonds. The minimum Gasteiger partial charge on any atom is -0.309 e. The zero-order valence-electron chi connectivity index (χ0n) is 17.8. The number of nitrogens with zero attached hydrogens (tertiary/aromatic N) is 5. The highest BCUT2D eigenvalue weighted by molar-refractivity contribution is 9.10. The molecule has 4 fully saturated rings. The third kappa shape index (κ3) is 3.70. The third-order valence-electron chi connectivity index (χ3n) is 7.73. The van der Waals surface area contributed by atoms with Crippen LogP contribution < -0.4 is 5.32 Å². The van der Waals surface area contributed by atoms with Crippen LogP contribution in [0.15, 0.2) is 41.5 Å². The van der Waals surface area contributed by atoms with Gasteiger partial charge in [-0.2, -0.15) is 5.10 Å². The van der Waals surface area contributed by atoms with E-state index >= 15 is 0 Å². The second-order valence-electron chi connectivity index (χ2n) is 9.98. The molecular formula is C23H23BrCl2N6O. The van der Waals surface area contributed by atoms with Gasteiger partial charge in [0.05, 0.1) is 17.5 Å². The Labute approximate surface area is 210 Å². The predicted molar refractivity (Wildman–Crippen MR) is 129 cm³/mol. The van der Waals surface area contributed by atoms with Crippen molar-refractivity contribution in [3.8, 4) is 0 Å². The first kappa shape index (κ1) is 21.6. The molecule has 7 nitrogen and oxygen atoms in total. The lowest BCUT2D eigenvalue weighted by atomic mass is 9.46. The van der Waals surface area contributed by atoms with Gasteiger partial charge in [0, 0.05) is 27.9 Å². The van der Waals surface area contributed by atoms with Crippen molar-refractivity contribution in [2.45, 2.75) is 50.6 Å². The number of aromatic nitrogens is 5. The zero-order chi connectivity index (χ0) is 22.8. The summed E-state index contributed by atoms with van der Waals surface area (Å²) < 4.78 is 4.36. The molecule has 2 unspecified atom stereocenters. The van der Waals surface area contributed by atoms with Gasteiger partial charge in [0.1, 0.15) is 6.33 Å². The normalized spacial score (nSPS) is 30.0. The quantitative estimate of drug-likeness (QED) is 0.454. The van der Waals surface area contributed by atoms with Crippen LogP contribution in [-0.4, -0.2) is 30.5 Å². The summed E-state index contributed by atoms with van der Waals surface area (Å²) in [6, 6.07) is 7.27. The average molecular weight is 550 g/mol. The van der Waals surface area contributed by atoms with E-state index in [2.05, 4.69) is 36.4 Å². The SMILES string of the molecule is O=C(Nc1ccn(Cc2c(Cl)cccc2Cl)n1)C12CC3CC(C1)CC(n1cnc(Br)n1)(C3)C2. The van der Waals surface area contributed by atoms with Gasteiger partial charge in [-0.05, 0) is 78.4 Å². The molecule has 10 heteroatoms. The maximum absolute atomic E-state index is 13.7. The molecule has 33 heavy (non-hydrogen) atoms. The molecule has 4 bridgehead atoms. The number of anilines is 1. The number of hydrogen-bond acceptors (Lipinski definition) is 4. The van der Waals surface area contributed by atoms with Crippen LogP contribution in [0.2, 0.25) is 10.0 Å². The van der Waals surface area contributed by atoms with E-state index < -0.39 is 5.41 Å². The highest BCUT2D eigenvalue weighted by Crippen LogP contribution is 2.64. The number of benzene rings is 1. The van der Waals surface area contributed by atoms with Crippen LogP contribution in [0.1, 0.15) is 44.1 Å². The average Bonchev–Trinajstić information content (AvgIpc) is 3.39. The van der Waals surface area contributed by atoms with Crippen LogP contribution in [-0.2, 0) is 16.9 Å². The third-order valence-corrected chi connectivity index (χ3v) is 8.80. The lowest BCUT2D eigenvalue weighted by Gasteiger charge is -2.60. The molecule has 3 aromatic rings. The fourth-order valence-electron chi connectivity index (χ4n) is 6.83. The van der Waals surface area contributed by atoms with Crippen molar-refractivity contribution in [3.05, 3.63) is 57.1 Å². The molecule has 0 radical (unpaired) electrons. The van der Waals surface area contributed by atoms with Gasteiger partial charge in [-0.25, -0.2) is 9.67 Å². The summed E-state index contributed by atoms with van der Waals surface area (Å²) in [6.45, 7) is 0.438. The van der Waals surface area contributed by atoms with Gasteiger partial charge in [-0.15, -0.1) is 5.10 Å². The van der Waals surface area contributed by atoms with Crippen molar-refractivity contribution in [2.75, 3.05) is 5.32 Å². The predicted octanol–water partition coefficient (Wildman–Crippen LogP) is 5.53. The lowest BCUT2D eigenvalue weighted by molar-refractivity contribution is -0.150. The van der Waals surface area contributed by atoms with Crippen molar-refractivity contribution >= 4 is 50.9 Å². The van der Waals surface area contributed by atoms with E-state index in [0.29, 0.717) is 39.0 Å². The summed E-state index contributed by atoms with van der Waals surface area (Å²) in [5.41, 5.74) is 0.294. The van der Waals surface area contributed by atoms with Gasteiger partial charge in [0.25, 0.3) is 0 Å². The molecule has 0 spiro atoms. The number of halogens is 3. The van der Waals surface area contributed by atoms with E-state index in [1.807, 2.05) is 41.5 Å². The van der Waals surface area contributed by atoms with Crippen LogP contribution in [0.5, 0.6) is 0 Å². The summed E-state index contributed by atoms with van der Waals surface area (Å²) in [5.74, 6) is 1.71. The van der Waals surface area contributed by atoms with E-state index in [1.165, 1.54) is 6.42 Å². The minimum absolute atomic E-state index is 0.0705. The molecule has 1 aromatic carbocycles. The number of hydrogen-bond donors (Lipinski definition) is 1. The van der Waals surface area contributed by atoms with Crippen LogP contribution in [0, 0.1) is 17.3 Å².